The predicted octanol–water partition coefficient (Wildman–Crippen LogP) is 1.92. The fourth-order valence-corrected chi connectivity index (χ4v) is 2.04. The van der Waals surface area contributed by atoms with Crippen LogP contribution in [0.3, 0.4) is 0 Å². The maximum absolute atomic E-state index is 11.9. The number of hydrogen-bond acceptors (Lipinski definition) is 3. The number of benzene rings is 1. The summed E-state index contributed by atoms with van der Waals surface area (Å²) in [5, 5.41) is 10.7. The second-order valence-electron chi connectivity index (χ2n) is 6.65. The summed E-state index contributed by atoms with van der Waals surface area (Å²) >= 11 is 0. The number of carbonyl (C=O) groups is 3. The molecule has 0 spiro atoms. The summed E-state index contributed by atoms with van der Waals surface area (Å²) in [7, 11) is 0. The molecule has 4 N–H and O–H groups in total. The zero-order chi connectivity index (χ0) is 18.3. The summed E-state index contributed by atoms with van der Waals surface area (Å²) in [6.45, 7) is 8.77. The van der Waals surface area contributed by atoms with Crippen LogP contribution in [0.25, 0.3) is 0 Å². The highest BCUT2D eigenvalue weighted by molar-refractivity contribution is 5.88. The van der Waals surface area contributed by atoms with Crippen LogP contribution in [0.1, 0.15) is 46.2 Å². The van der Waals surface area contributed by atoms with Gasteiger partial charge in [-0.1, -0.05) is 12.1 Å². The molecule has 0 fully saturated rings. The number of urea groups is 1. The van der Waals surface area contributed by atoms with E-state index in [-0.39, 0.29) is 29.9 Å². The van der Waals surface area contributed by atoms with Gasteiger partial charge < -0.3 is 21.3 Å². The summed E-state index contributed by atoms with van der Waals surface area (Å²) < 4.78 is 0. The standard InChI is InChI=1S/C17H26N4O3/c1-11(13-7-6-8-14(9-13)20-12(2)22)19-16(24)18-10-15(23)21-17(3,4)5/h6-9,11H,10H2,1-5H3,(H,20,22)(H,21,23)(H2,18,19,24)/t11-/m1/s1. The average Bonchev–Trinajstić information content (AvgIpc) is 2.43. The predicted molar refractivity (Wildman–Crippen MR) is 93.6 cm³/mol. The van der Waals surface area contributed by atoms with Gasteiger partial charge in [-0.15, -0.1) is 0 Å². The molecule has 1 aromatic carbocycles. The normalized spacial score (nSPS) is 12.0. The SMILES string of the molecule is CC(=O)Nc1cccc([C@@H](C)NC(=O)NCC(=O)NC(C)(C)C)c1. The van der Waals surface area contributed by atoms with Crippen molar-refractivity contribution in [3.63, 3.8) is 0 Å². The third kappa shape index (κ3) is 7.62. The van der Waals surface area contributed by atoms with Gasteiger partial charge in [-0.25, -0.2) is 4.79 Å². The van der Waals surface area contributed by atoms with Crippen molar-refractivity contribution in [3.8, 4) is 0 Å². The van der Waals surface area contributed by atoms with E-state index in [0.29, 0.717) is 5.69 Å². The van der Waals surface area contributed by atoms with Crippen molar-refractivity contribution in [1.82, 2.24) is 16.0 Å². The van der Waals surface area contributed by atoms with Crippen molar-refractivity contribution in [1.29, 1.82) is 0 Å². The molecule has 0 radical (unpaired) electrons. The molecule has 0 aliphatic carbocycles. The van der Waals surface area contributed by atoms with Gasteiger partial charge in [0.25, 0.3) is 0 Å². The maximum Gasteiger partial charge on any atom is 0.315 e. The van der Waals surface area contributed by atoms with Crippen LogP contribution in [0.4, 0.5) is 10.5 Å². The molecule has 0 aromatic heterocycles. The molecule has 0 saturated heterocycles. The topological polar surface area (TPSA) is 99.3 Å². The highest BCUT2D eigenvalue weighted by Crippen LogP contribution is 2.17. The number of hydrogen-bond donors (Lipinski definition) is 4. The Balaban J connectivity index is 2.52. The third-order valence-corrected chi connectivity index (χ3v) is 2.98. The van der Waals surface area contributed by atoms with Gasteiger partial charge in [-0.3, -0.25) is 9.59 Å². The van der Waals surface area contributed by atoms with Crippen molar-refractivity contribution in [2.75, 3.05) is 11.9 Å². The van der Waals surface area contributed by atoms with Gasteiger partial charge in [0, 0.05) is 18.2 Å². The van der Waals surface area contributed by atoms with Crippen LogP contribution >= 0.6 is 0 Å². The van der Waals surface area contributed by atoms with E-state index in [2.05, 4.69) is 21.3 Å². The molecule has 1 atom stereocenters. The Morgan fingerprint density at radius 1 is 1.17 bits per heavy atom. The van der Waals surface area contributed by atoms with Gasteiger partial charge >= 0.3 is 6.03 Å². The van der Waals surface area contributed by atoms with Crippen LogP contribution in [0.2, 0.25) is 0 Å². The minimum absolute atomic E-state index is 0.0955. The number of anilines is 1. The zero-order valence-electron chi connectivity index (χ0n) is 14.8. The summed E-state index contributed by atoms with van der Waals surface area (Å²) in [4.78, 5) is 34.7. The number of carbonyl (C=O) groups excluding carboxylic acids is 3. The lowest BCUT2D eigenvalue weighted by Crippen LogP contribution is -2.47. The second-order valence-corrected chi connectivity index (χ2v) is 6.65. The van der Waals surface area contributed by atoms with E-state index in [1.54, 1.807) is 18.2 Å². The van der Waals surface area contributed by atoms with Gasteiger partial charge in [0.1, 0.15) is 0 Å². The van der Waals surface area contributed by atoms with Gasteiger partial charge in [0.05, 0.1) is 12.6 Å². The molecular formula is C17H26N4O3. The molecule has 7 heteroatoms. The molecule has 0 heterocycles. The fourth-order valence-electron chi connectivity index (χ4n) is 2.04. The Morgan fingerprint density at radius 3 is 2.42 bits per heavy atom. The van der Waals surface area contributed by atoms with Crippen molar-refractivity contribution in [2.24, 2.45) is 0 Å². The van der Waals surface area contributed by atoms with Crippen molar-refractivity contribution in [2.45, 2.75) is 46.2 Å². The monoisotopic (exact) mass is 334 g/mol. The Kier molecular flexibility index (Phi) is 6.76. The summed E-state index contributed by atoms with van der Waals surface area (Å²) in [6, 6.07) is 6.50. The minimum Gasteiger partial charge on any atom is -0.350 e. The molecule has 0 saturated carbocycles. The fraction of sp³-hybridized carbons (Fsp3) is 0.471. The van der Waals surface area contributed by atoms with E-state index in [0.717, 1.165) is 5.56 Å². The summed E-state index contributed by atoms with van der Waals surface area (Å²) in [6.07, 6.45) is 0. The van der Waals surface area contributed by atoms with E-state index in [1.165, 1.54) is 6.92 Å². The first kappa shape index (κ1) is 19.5. The summed E-state index contributed by atoms with van der Waals surface area (Å²) in [5.41, 5.74) is 1.17. The number of rotatable bonds is 5. The first-order valence-corrected chi connectivity index (χ1v) is 7.80. The third-order valence-electron chi connectivity index (χ3n) is 2.98. The van der Waals surface area contributed by atoms with Gasteiger partial charge in [0.2, 0.25) is 11.8 Å². The molecule has 24 heavy (non-hydrogen) atoms. The molecule has 4 amide bonds. The number of amides is 4. The lowest BCUT2D eigenvalue weighted by Gasteiger charge is -2.21. The van der Waals surface area contributed by atoms with E-state index in [9.17, 15) is 14.4 Å². The Morgan fingerprint density at radius 2 is 1.83 bits per heavy atom. The van der Waals surface area contributed by atoms with Crippen LogP contribution in [-0.2, 0) is 9.59 Å². The highest BCUT2D eigenvalue weighted by atomic mass is 16.2. The van der Waals surface area contributed by atoms with Gasteiger partial charge in [-0.05, 0) is 45.4 Å². The van der Waals surface area contributed by atoms with Crippen LogP contribution in [0, 0.1) is 0 Å². The Labute approximate surface area is 142 Å². The molecule has 0 unspecified atom stereocenters. The molecule has 1 rings (SSSR count). The Bertz CT molecular complexity index is 608. The van der Waals surface area contributed by atoms with E-state index >= 15 is 0 Å². The molecule has 1 aromatic rings. The maximum atomic E-state index is 11.9. The molecular weight excluding hydrogens is 308 g/mol. The lowest BCUT2D eigenvalue weighted by atomic mass is 10.1. The smallest absolute Gasteiger partial charge is 0.315 e. The second kappa shape index (κ2) is 8.33. The van der Waals surface area contributed by atoms with Crippen molar-refractivity contribution >= 4 is 23.5 Å². The number of nitrogens with one attached hydrogen (secondary N) is 4. The Hall–Kier alpha value is -2.57. The van der Waals surface area contributed by atoms with Gasteiger partial charge in [-0.2, -0.15) is 0 Å². The van der Waals surface area contributed by atoms with Crippen LogP contribution < -0.4 is 21.3 Å². The molecule has 0 bridgehead atoms. The van der Waals surface area contributed by atoms with E-state index < -0.39 is 6.03 Å². The molecule has 0 aliphatic heterocycles. The molecule has 7 nitrogen and oxygen atoms in total. The van der Waals surface area contributed by atoms with Crippen molar-refractivity contribution in [3.05, 3.63) is 29.8 Å². The lowest BCUT2D eigenvalue weighted by molar-refractivity contribution is -0.121. The van der Waals surface area contributed by atoms with Crippen LogP contribution in [-0.4, -0.2) is 29.9 Å². The summed E-state index contributed by atoms with van der Waals surface area (Å²) in [5.74, 6) is -0.409. The first-order valence-electron chi connectivity index (χ1n) is 7.80. The van der Waals surface area contributed by atoms with Gasteiger partial charge in [0.15, 0.2) is 0 Å². The van der Waals surface area contributed by atoms with Crippen molar-refractivity contribution < 1.29 is 14.4 Å². The van der Waals surface area contributed by atoms with Crippen LogP contribution in [0.15, 0.2) is 24.3 Å². The molecule has 132 valence electrons. The highest BCUT2D eigenvalue weighted by Gasteiger charge is 2.15. The van der Waals surface area contributed by atoms with Crippen LogP contribution in [0.5, 0.6) is 0 Å². The minimum atomic E-state index is -0.434. The largest absolute Gasteiger partial charge is 0.350 e. The molecule has 0 aliphatic rings. The van der Waals surface area contributed by atoms with E-state index in [1.807, 2.05) is 33.8 Å². The quantitative estimate of drug-likeness (QED) is 0.662. The zero-order valence-corrected chi connectivity index (χ0v) is 14.8. The van der Waals surface area contributed by atoms with E-state index in [4.69, 9.17) is 0 Å². The average molecular weight is 334 g/mol. The first-order chi connectivity index (χ1) is 11.1.